The molecule has 0 aromatic heterocycles. The van der Waals surface area contributed by atoms with E-state index in [0.29, 0.717) is 5.92 Å². The van der Waals surface area contributed by atoms with Crippen molar-refractivity contribution >= 4 is 11.6 Å². The van der Waals surface area contributed by atoms with Gasteiger partial charge in [0, 0.05) is 11.6 Å². The summed E-state index contributed by atoms with van der Waals surface area (Å²) in [6, 6.07) is 18.1. The smallest absolute Gasteiger partial charge is 0.0443 e. The number of hydrogen-bond acceptors (Lipinski definition) is 1. The average Bonchev–Trinajstić information content (AvgIpc) is 3.59. The molecular weight excluding hydrogens is 398 g/mol. The normalized spacial score (nSPS) is 25.6. The number of hydrogen-bond donors (Lipinski definition) is 0. The Bertz CT molecular complexity index is 833. The van der Waals surface area contributed by atoms with Gasteiger partial charge in [-0.15, -0.1) is 0 Å². The Balaban J connectivity index is 1.06. The minimum absolute atomic E-state index is 0.702. The number of halogens is 1. The van der Waals surface area contributed by atoms with Gasteiger partial charge in [0.05, 0.1) is 0 Å². The molecule has 2 aromatic rings. The summed E-state index contributed by atoms with van der Waals surface area (Å²) in [5.74, 6) is 3.21. The largest absolute Gasteiger partial charge is 0.303 e. The van der Waals surface area contributed by atoms with Crippen LogP contribution >= 0.6 is 11.6 Å². The fourth-order valence-corrected chi connectivity index (χ4v) is 6.52. The molecule has 0 N–H and O–H groups in total. The Morgan fingerprint density at radius 1 is 0.871 bits per heavy atom. The third kappa shape index (κ3) is 5.55. The van der Waals surface area contributed by atoms with Crippen LogP contribution in [0, 0.1) is 11.8 Å². The first kappa shape index (κ1) is 21.5. The van der Waals surface area contributed by atoms with E-state index in [1.54, 1.807) is 0 Å². The van der Waals surface area contributed by atoms with Gasteiger partial charge in [0.15, 0.2) is 0 Å². The van der Waals surface area contributed by atoms with Crippen LogP contribution < -0.4 is 0 Å². The molecule has 31 heavy (non-hydrogen) atoms. The van der Waals surface area contributed by atoms with E-state index in [1.807, 2.05) is 0 Å². The van der Waals surface area contributed by atoms with E-state index in [2.05, 4.69) is 53.4 Å². The highest BCUT2D eigenvalue weighted by Gasteiger charge is 2.40. The third-order valence-corrected chi connectivity index (χ3v) is 8.63. The molecule has 1 heterocycles. The summed E-state index contributed by atoms with van der Waals surface area (Å²) < 4.78 is 0. The lowest BCUT2D eigenvalue weighted by atomic mass is 9.83. The van der Waals surface area contributed by atoms with Crippen molar-refractivity contribution in [3.8, 4) is 0 Å². The summed E-state index contributed by atoms with van der Waals surface area (Å²) >= 11 is 6.75. The summed E-state index contributed by atoms with van der Waals surface area (Å²) in [5.41, 5.74) is 4.41. The quantitative estimate of drug-likeness (QED) is 0.428. The minimum atomic E-state index is 0.702. The minimum Gasteiger partial charge on any atom is -0.303 e. The summed E-state index contributed by atoms with van der Waals surface area (Å²) in [7, 11) is 0. The van der Waals surface area contributed by atoms with Crippen LogP contribution in [0.4, 0.5) is 0 Å². The van der Waals surface area contributed by atoms with Crippen molar-refractivity contribution < 1.29 is 0 Å². The van der Waals surface area contributed by atoms with Crippen molar-refractivity contribution in [3.63, 3.8) is 0 Å². The van der Waals surface area contributed by atoms with E-state index < -0.39 is 0 Å². The topological polar surface area (TPSA) is 3.24 Å². The van der Waals surface area contributed by atoms with E-state index >= 15 is 0 Å². The molecule has 0 spiro atoms. The summed E-state index contributed by atoms with van der Waals surface area (Å²) in [6.07, 6.45) is 13.5. The number of benzene rings is 2. The van der Waals surface area contributed by atoms with Crippen molar-refractivity contribution in [2.24, 2.45) is 11.8 Å². The van der Waals surface area contributed by atoms with Crippen molar-refractivity contribution in [3.05, 3.63) is 70.2 Å². The van der Waals surface area contributed by atoms with Gasteiger partial charge in [0.1, 0.15) is 0 Å². The van der Waals surface area contributed by atoms with E-state index in [1.165, 1.54) is 101 Å². The predicted molar refractivity (Wildman–Crippen MR) is 132 cm³/mol. The van der Waals surface area contributed by atoms with Crippen LogP contribution in [0.1, 0.15) is 86.3 Å². The standard InChI is InChI=1S/C29H38ClN/c30-29-20-25(13-14-27(29)24-9-5-2-6-10-24)28-19-26(28)21-31-17-15-23(16-18-31)12-11-22-7-3-1-4-8-22/h1,3-4,7-8,13-14,20,23-24,26,28H,2,5-6,9-12,15-19,21H2. The van der Waals surface area contributed by atoms with Crippen LogP contribution in [0.2, 0.25) is 5.02 Å². The Kier molecular flexibility index (Phi) is 7.01. The molecule has 2 atom stereocenters. The van der Waals surface area contributed by atoms with E-state index in [9.17, 15) is 0 Å². The molecule has 2 saturated carbocycles. The first-order chi connectivity index (χ1) is 15.3. The maximum atomic E-state index is 6.75. The molecule has 5 rings (SSSR count). The second-order valence-corrected chi connectivity index (χ2v) is 10.9. The van der Waals surface area contributed by atoms with Gasteiger partial charge in [-0.3, -0.25) is 0 Å². The lowest BCUT2D eigenvalue weighted by molar-refractivity contribution is 0.172. The maximum Gasteiger partial charge on any atom is 0.0443 e. The van der Waals surface area contributed by atoms with E-state index in [-0.39, 0.29) is 0 Å². The Morgan fingerprint density at radius 2 is 1.65 bits per heavy atom. The third-order valence-electron chi connectivity index (χ3n) is 8.30. The summed E-state index contributed by atoms with van der Waals surface area (Å²) in [4.78, 5) is 2.74. The molecule has 3 aliphatic rings. The second-order valence-electron chi connectivity index (χ2n) is 10.5. The van der Waals surface area contributed by atoms with Crippen molar-refractivity contribution in [2.45, 2.75) is 76.0 Å². The van der Waals surface area contributed by atoms with Crippen LogP contribution in [0.25, 0.3) is 0 Å². The summed E-state index contributed by atoms with van der Waals surface area (Å²) in [5, 5.41) is 1.04. The Hall–Kier alpha value is -1.31. The highest BCUT2D eigenvalue weighted by atomic mass is 35.5. The zero-order chi connectivity index (χ0) is 21.0. The molecule has 0 radical (unpaired) electrons. The molecule has 0 amide bonds. The lowest BCUT2D eigenvalue weighted by Gasteiger charge is -2.32. The average molecular weight is 436 g/mol. The highest BCUT2D eigenvalue weighted by Crippen LogP contribution is 2.49. The van der Waals surface area contributed by atoms with Crippen molar-refractivity contribution in [1.29, 1.82) is 0 Å². The van der Waals surface area contributed by atoms with E-state index in [0.717, 1.165) is 22.8 Å². The van der Waals surface area contributed by atoms with Crippen LogP contribution in [0.15, 0.2) is 48.5 Å². The fraction of sp³-hybridized carbons (Fsp3) is 0.586. The number of piperidine rings is 1. The number of rotatable bonds is 7. The molecule has 1 saturated heterocycles. The fourth-order valence-electron chi connectivity index (χ4n) is 6.18. The van der Waals surface area contributed by atoms with Gasteiger partial charge < -0.3 is 4.90 Å². The maximum absolute atomic E-state index is 6.75. The molecule has 2 aliphatic carbocycles. The zero-order valence-electron chi connectivity index (χ0n) is 18.9. The molecule has 1 nitrogen and oxygen atoms in total. The van der Waals surface area contributed by atoms with Gasteiger partial charge in [0.25, 0.3) is 0 Å². The van der Waals surface area contributed by atoms with Crippen LogP contribution in [0.3, 0.4) is 0 Å². The van der Waals surface area contributed by atoms with Gasteiger partial charge in [-0.25, -0.2) is 0 Å². The first-order valence-corrected chi connectivity index (χ1v) is 13.2. The van der Waals surface area contributed by atoms with Gasteiger partial charge >= 0.3 is 0 Å². The van der Waals surface area contributed by atoms with Gasteiger partial charge in [0.2, 0.25) is 0 Å². The van der Waals surface area contributed by atoms with Crippen LogP contribution in [-0.2, 0) is 6.42 Å². The first-order valence-electron chi connectivity index (χ1n) is 12.8. The Morgan fingerprint density at radius 3 is 2.39 bits per heavy atom. The van der Waals surface area contributed by atoms with Crippen molar-refractivity contribution in [2.75, 3.05) is 19.6 Å². The monoisotopic (exact) mass is 435 g/mol. The SMILES string of the molecule is Clc1cc(C2CC2CN2CCC(CCc3ccccc3)CC2)ccc1C1CCCCC1. The molecule has 166 valence electrons. The lowest BCUT2D eigenvalue weighted by Crippen LogP contribution is -2.35. The van der Waals surface area contributed by atoms with Gasteiger partial charge in [-0.05, 0) is 104 Å². The van der Waals surface area contributed by atoms with Gasteiger partial charge in [-0.1, -0.05) is 73.3 Å². The van der Waals surface area contributed by atoms with E-state index in [4.69, 9.17) is 11.6 Å². The summed E-state index contributed by atoms with van der Waals surface area (Å²) in [6.45, 7) is 3.88. The Labute approximate surface area is 194 Å². The second kappa shape index (κ2) is 10.1. The molecule has 2 heteroatoms. The number of likely N-dealkylation sites (tertiary alicyclic amines) is 1. The zero-order valence-corrected chi connectivity index (χ0v) is 19.7. The van der Waals surface area contributed by atoms with Gasteiger partial charge in [-0.2, -0.15) is 0 Å². The highest BCUT2D eigenvalue weighted by molar-refractivity contribution is 6.31. The number of nitrogens with zero attached hydrogens (tertiary/aromatic N) is 1. The molecule has 3 fully saturated rings. The number of aryl methyl sites for hydroxylation is 1. The molecule has 0 bridgehead atoms. The predicted octanol–water partition coefficient (Wildman–Crippen LogP) is 7.84. The van der Waals surface area contributed by atoms with Crippen LogP contribution in [0.5, 0.6) is 0 Å². The molecular formula is C29H38ClN. The molecule has 1 aliphatic heterocycles. The van der Waals surface area contributed by atoms with Crippen molar-refractivity contribution in [1.82, 2.24) is 4.90 Å². The molecule has 2 unspecified atom stereocenters. The van der Waals surface area contributed by atoms with Crippen LogP contribution in [-0.4, -0.2) is 24.5 Å². The molecule has 2 aromatic carbocycles.